The highest BCUT2D eigenvalue weighted by Crippen LogP contribution is 2.45. The molecule has 2 aliphatic rings. The number of fused-ring (bicyclic) bond motifs is 4. The highest BCUT2D eigenvalue weighted by molar-refractivity contribution is 14.1. The van der Waals surface area contributed by atoms with Crippen LogP contribution in [0.15, 0.2) is 78.9 Å². The van der Waals surface area contributed by atoms with Crippen LogP contribution >= 0.6 is 22.6 Å². The molecule has 10 nitrogen and oxygen atoms in total. The number of amides is 1. The van der Waals surface area contributed by atoms with E-state index in [0.29, 0.717) is 25.1 Å². The van der Waals surface area contributed by atoms with E-state index in [4.69, 9.17) is 29.4 Å². The summed E-state index contributed by atoms with van der Waals surface area (Å²) in [6.45, 7) is 4.02. The average molecular weight is 763 g/mol. The number of hydrogen-bond acceptors (Lipinski definition) is 9. The number of nitrogens with zero attached hydrogens (tertiary/aromatic N) is 1. The normalized spacial score (nSPS) is 14.7. The first-order valence-corrected chi connectivity index (χ1v) is 16.9. The maximum atomic E-state index is 14.0. The van der Waals surface area contributed by atoms with Crippen LogP contribution in [0.25, 0.3) is 11.1 Å². The lowest BCUT2D eigenvalue weighted by Crippen LogP contribution is -2.41. The zero-order valence-corrected chi connectivity index (χ0v) is 28.7. The smallest absolute Gasteiger partial charge is 0.448 e. The van der Waals surface area contributed by atoms with Gasteiger partial charge in [0.25, 0.3) is 0 Å². The summed E-state index contributed by atoms with van der Waals surface area (Å²) in [7, 11) is 0. The average Bonchev–Trinajstić information content (AvgIpc) is 3.39. The lowest BCUT2D eigenvalue weighted by atomic mass is 9.88. The highest BCUT2D eigenvalue weighted by Gasteiger charge is 2.36. The number of ether oxygens (including phenoxy) is 5. The Morgan fingerprint density at radius 2 is 1.40 bits per heavy atom. The molecule has 1 amide bonds. The number of anilines is 1. The number of nitrogen functional groups attached to an aromatic ring is 1. The van der Waals surface area contributed by atoms with Crippen molar-refractivity contribution in [1.82, 2.24) is 4.90 Å². The zero-order chi connectivity index (χ0) is 33.8. The summed E-state index contributed by atoms with van der Waals surface area (Å²) in [5, 5.41) is 0. The SMILES string of the molecule is CCOC(=O)Oc1cc2c(cc1OC(=O)OCC)C(Cc1ccc(N)c(I)c1)N(C(=O)OCC1c3ccccc3-c3ccccc31)CC2. The predicted octanol–water partition coefficient (Wildman–Crippen LogP) is 8.04. The van der Waals surface area contributed by atoms with Gasteiger partial charge in [0.05, 0.1) is 19.3 Å². The van der Waals surface area contributed by atoms with E-state index in [-0.39, 0.29) is 37.2 Å². The summed E-state index contributed by atoms with van der Waals surface area (Å²) in [5.74, 6) is -0.120. The number of rotatable bonds is 8. The van der Waals surface area contributed by atoms with E-state index in [0.717, 1.165) is 42.5 Å². The second kappa shape index (κ2) is 14.5. The number of hydrogen-bond donors (Lipinski definition) is 1. The molecule has 6 rings (SSSR count). The standard InChI is InChI=1S/C37H35IN2O8/c1-3-44-36(42)47-33-19-23-15-16-40(35(41)46-21-29-26-11-7-5-9-24(26)25-10-6-8-12-27(25)29)32(18-22-13-14-31(39)30(38)17-22)28(23)20-34(33)48-37(43)45-4-2/h5-14,17,19-20,29,32H,3-4,15-16,18,21,39H2,1-2H3. The summed E-state index contributed by atoms with van der Waals surface area (Å²) in [6.07, 6.45) is -1.49. The van der Waals surface area contributed by atoms with Gasteiger partial charge in [-0.25, -0.2) is 14.4 Å². The van der Waals surface area contributed by atoms with Crippen molar-refractivity contribution in [3.05, 3.63) is 110 Å². The minimum Gasteiger partial charge on any atom is -0.448 e. The quantitative estimate of drug-likeness (QED) is 0.0624. The van der Waals surface area contributed by atoms with Gasteiger partial charge in [-0.3, -0.25) is 0 Å². The summed E-state index contributed by atoms with van der Waals surface area (Å²) >= 11 is 2.18. The van der Waals surface area contributed by atoms with Crippen LogP contribution in [0, 0.1) is 3.57 Å². The van der Waals surface area contributed by atoms with Crippen LogP contribution < -0.4 is 15.2 Å². The molecule has 4 aromatic carbocycles. The minimum atomic E-state index is -0.958. The molecular formula is C37H35IN2O8. The van der Waals surface area contributed by atoms with Gasteiger partial charge in [0.15, 0.2) is 11.5 Å². The second-order valence-corrected chi connectivity index (χ2v) is 12.6. The Hall–Kier alpha value is -4.78. The Bertz CT molecular complexity index is 1820. The van der Waals surface area contributed by atoms with Crippen molar-refractivity contribution in [2.45, 2.75) is 38.6 Å². The largest absolute Gasteiger partial charge is 0.513 e. The van der Waals surface area contributed by atoms with E-state index in [1.807, 2.05) is 42.5 Å². The molecule has 248 valence electrons. The van der Waals surface area contributed by atoms with Crippen molar-refractivity contribution in [1.29, 1.82) is 0 Å². The Balaban J connectivity index is 1.33. The molecule has 1 aliphatic carbocycles. The molecule has 0 saturated heterocycles. The lowest BCUT2D eigenvalue weighted by Gasteiger charge is -2.37. The molecule has 1 unspecified atom stereocenters. The van der Waals surface area contributed by atoms with E-state index in [9.17, 15) is 14.4 Å². The van der Waals surface area contributed by atoms with E-state index in [1.165, 1.54) is 0 Å². The van der Waals surface area contributed by atoms with Crippen molar-refractivity contribution in [3.63, 3.8) is 0 Å². The van der Waals surface area contributed by atoms with Gasteiger partial charge < -0.3 is 34.3 Å². The summed E-state index contributed by atoms with van der Waals surface area (Å²) in [6, 6.07) is 24.9. The van der Waals surface area contributed by atoms with Gasteiger partial charge in [-0.05, 0) is 112 Å². The van der Waals surface area contributed by atoms with Crippen molar-refractivity contribution in [2.75, 3.05) is 32.1 Å². The Kier molecular flexibility index (Phi) is 10.0. The summed E-state index contributed by atoms with van der Waals surface area (Å²) in [4.78, 5) is 40.5. The first-order valence-electron chi connectivity index (χ1n) is 15.8. The second-order valence-electron chi connectivity index (χ2n) is 11.4. The van der Waals surface area contributed by atoms with Crippen LogP contribution in [-0.4, -0.2) is 49.7 Å². The first-order chi connectivity index (χ1) is 23.3. The molecule has 0 bridgehead atoms. The number of halogens is 1. The summed E-state index contributed by atoms with van der Waals surface area (Å²) < 4.78 is 27.9. The van der Waals surface area contributed by atoms with Crippen LogP contribution in [0.2, 0.25) is 0 Å². The molecule has 0 spiro atoms. The fraction of sp³-hybridized carbons (Fsp3) is 0.270. The van der Waals surface area contributed by atoms with Crippen LogP contribution in [0.1, 0.15) is 53.6 Å². The Morgan fingerprint density at radius 3 is 2.00 bits per heavy atom. The van der Waals surface area contributed by atoms with Crippen LogP contribution in [0.5, 0.6) is 11.5 Å². The van der Waals surface area contributed by atoms with E-state index < -0.39 is 24.4 Å². The molecule has 0 fully saturated rings. The Labute approximate surface area is 292 Å². The number of nitrogens with two attached hydrogens (primary N) is 1. The topological polar surface area (TPSA) is 127 Å². The third-order valence-corrected chi connectivity index (χ3v) is 9.47. The molecule has 0 saturated carbocycles. The third-order valence-electron chi connectivity index (χ3n) is 8.54. The predicted molar refractivity (Wildman–Crippen MR) is 187 cm³/mol. The molecule has 1 atom stereocenters. The van der Waals surface area contributed by atoms with Crippen molar-refractivity contribution in [3.8, 4) is 22.6 Å². The Morgan fingerprint density at radius 1 is 0.792 bits per heavy atom. The summed E-state index contributed by atoms with van der Waals surface area (Å²) in [5.41, 5.74) is 13.8. The molecule has 11 heteroatoms. The molecule has 0 aromatic heterocycles. The van der Waals surface area contributed by atoms with E-state index >= 15 is 0 Å². The van der Waals surface area contributed by atoms with Crippen LogP contribution in [0.3, 0.4) is 0 Å². The molecule has 48 heavy (non-hydrogen) atoms. The fourth-order valence-electron chi connectivity index (χ4n) is 6.38. The lowest BCUT2D eigenvalue weighted by molar-refractivity contribution is 0.0796. The van der Waals surface area contributed by atoms with Gasteiger partial charge in [-0.2, -0.15) is 0 Å². The molecule has 1 heterocycles. The fourth-order valence-corrected chi connectivity index (χ4v) is 6.96. The maximum absolute atomic E-state index is 14.0. The zero-order valence-electron chi connectivity index (χ0n) is 26.6. The maximum Gasteiger partial charge on any atom is 0.513 e. The molecule has 4 aromatic rings. The van der Waals surface area contributed by atoms with Crippen LogP contribution in [0.4, 0.5) is 20.1 Å². The van der Waals surface area contributed by atoms with Crippen LogP contribution in [-0.2, 0) is 27.1 Å². The van der Waals surface area contributed by atoms with Gasteiger partial charge in [-0.1, -0.05) is 54.6 Å². The number of carbonyl (C=O) groups is 3. The molecular weight excluding hydrogens is 727 g/mol. The van der Waals surface area contributed by atoms with Gasteiger partial charge in [0.1, 0.15) is 6.61 Å². The molecule has 1 aliphatic heterocycles. The van der Waals surface area contributed by atoms with Gasteiger partial charge in [0, 0.05) is 21.7 Å². The number of benzene rings is 4. The molecule has 2 N–H and O–H groups in total. The monoisotopic (exact) mass is 762 g/mol. The highest BCUT2D eigenvalue weighted by atomic mass is 127. The van der Waals surface area contributed by atoms with Crippen molar-refractivity contribution >= 4 is 46.7 Å². The molecule has 0 radical (unpaired) electrons. The van der Waals surface area contributed by atoms with E-state index in [1.54, 1.807) is 30.9 Å². The van der Waals surface area contributed by atoms with Crippen molar-refractivity contribution in [2.24, 2.45) is 0 Å². The minimum absolute atomic E-state index is 0.00984. The third kappa shape index (κ3) is 6.91. The van der Waals surface area contributed by atoms with E-state index in [2.05, 4.69) is 46.9 Å². The van der Waals surface area contributed by atoms with Gasteiger partial charge in [0.2, 0.25) is 0 Å². The van der Waals surface area contributed by atoms with Gasteiger partial charge in [-0.15, -0.1) is 0 Å². The van der Waals surface area contributed by atoms with Gasteiger partial charge >= 0.3 is 18.4 Å². The van der Waals surface area contributed by atoms with Crippen molar-refractivity contribution < 1.29 is 38.1 Å². The number of carbonyl (C=O) groups excluding carboxylic acids is 3. The first kappa shape index (κ1) is 33.1.